The molecular formula is C15H17NO5. The molecule has 1 unspecified atom stereocenters. The van der Waals surface area contributed by atoms with Gasteiger partial charge in [-0.2, -0.15) is 0 Å². The number of carbonyl (C=O) groups is 2. The number of hydrogen-bond donors (Lipinski definition) is 1. The number of carbonyl (C=O) groups excluding carboxylic acids is 1. The Morgan fingerprint density at radius 1 is 1.24 bits per heavy atom. The highest BCUT2D eigenvalue weighted by Gasteiger charge is 2.29. The molecule has 2 aliphatic rings. The number of amides is 1. The van der Waals surface area contributed by atoms with Gasteiger partial charge in [-0.15, -0.1) is 0 Å². The SMILES string of the molecule is O=C(O)CC1CCN(C(=O)c2ccc3c(c2)OCCO3)C1. The van der Waals surface area contributed by atoms with Crippen LogP contribution in [0, 0.1) is 5.92 Å². The van der Waals surface area contributed by atoms with Crippen LogP contribution in [0.2, 0.25) is 0 Å². The van der Waals surface area contributed by atoms with Crippen LogP contribution in [0.4, 0.5) is 0 Å². The first kappa shape index (κ1) is 13.7. The number of rotatable bonds is 3. The lowest BCUT2D eigenvalue weighted by molar-refractivity contribution is -0.138. The first-order valence-electron chi connectivity index (χ1n) is 7.04. The predicted molar refractivity (Wildman–Crippen MR) is 73.7 cm³/mol. The van der Waals surface area contributed by atoms with Crippen molar-refractivity contribution in [2.75, 3.05) is 26.3 Å². The zero-order chi connectivity index (χ0) is 14.8. The van der Waals surface area contributed by atoms with E-state index in [0.717, 1.165) is 6.42 Å². The predicted octanol–water partition coefficient (Wildman–Crippen LogP) is 1.39. The van der Waals surface area contributed by atoms with Crippen molar-refractivity contribution in [1.29, 1.82) is 0 Å². The Kier molecular flexibility index (Phi) is 3.68. The van der Waals surface area contributed by atoms with Crippen LogP contribution in [0.3, 0.4) is 0 Å². The largest absolute Gasteiger partial charge is 0.486 e. The van der Waals surface area contributed by atoms with Gasteiger partial charge in [0.15, 0.2) is 11.5 Å². The van der Waals surface area contributed by atoms with Crippen LogP contribution < -0.4 is 9.47 Å². The van der Waals surface area contributed by atoms with Crippen molar-refractivity contribution in [2.45, 2.75) is 12.8 Å². The van der Waals surface area contributed by atoms with E-state index in [2.05, 4.69) is 0 Å². The van der Waals surface area contributed by atoms with Gasteiger partial charge in [0.1, 0.15) is 13.2 Å². The lowest BCUT2D eigenvalue weighted by atomic mass is 10.1. The number of ether oxygens (including phenoxy) is 2. The number of carboxylic acids is 1. The summed E-state index contributed by atoms with van der Waals surface area (Å²) in [6.07, 6.45) is 0.855. The third-order valence-electron chi connectivity index (χ3n) is 3.83. The number of carboxylic acid groups (broad SMARTS) is 1. The monoisotopic (exact) mass is 291 g/mol. The molecule has 1 N–H and O–H groups in total. The molecule has 0 spiro atoms. The lowest BCUT2D eigenvalue weighted by Gasteiger charge is -2.20. The van der Waals surface area contributed by atoms with E-state index in [9.17, 15) is 9.59 Å². The van der Waals surface area contributed by atoms with Crippen molar-refractivity contribution < 1.29 is 24.2 Å². The van der Waals surface area contributed by atoms with Gasteiger partial charge in [-0.1, -0.05) is 0 Å². The van der Waals surface area contributed by atoms with Crippen molar-refractivity contribution in [3.8, 4) is 11.5 Å². The third-order valence-corrected chi connectivity index (χ3v) is 3.83. The summed E-state index contributed by atoms with van der Waals surface area (Å²) in [5, 5.41) is 8.81. The Hall–Kier alpha value is -2.24. The highest BCUT2D eigenvalue weighted by Crippen LogP contribution is 2.31. The quantitative estimate of drug-likeness (QED) is 0.911. The average Bonchev–Trinajstić information content (AvgIpc) is 2.93. The maximum atomic E-state index is 12.4. The van der Waals surface area contributed by atoms with E-state index in [1.807, 2.05) is 0 Å². The van der Waals surface area contributed by atoms with E-state index in [4.69, 9.17) is 14.6 Å². The van der Waals surface area contributed by atoms with Crippen LogP contribution in [-0.4, -0.2) is 48.2 Å². The summed E-state index contributed by atoms with van der Waals surface area (Å²) in [4.78, 5) is 24.9. The van der Waals surface area contributed by atoms with E-state index in [1.54, 1.807) is 23.1 Å². The molecule has 1 fully saturated rings. The molecule has 6 heteroatoms. The van der Waals surface area contributed by atoms with Gasteiger partial charge in [0, 0.05) is 25.1 Å². The first-order valence-corrected chi connectivity index (χ1v) is 7.04. The summed E-state index contributed by atoms with van der Waals surface area (Å²) >= 11 is 0. The third kappa shape index (κ3) is 2.94. The van der Waals surface area contributed by atoms with Crippen LogP contribution in [0.25, 0.3) is 0 Å². The van der Waals surface area contributed by atoms with Gasteiger partial charge in [-0.05, 0) is 30.5 Å². The van der Waals surface area contributed by atoms with E-state index < -0.39 is 5.97 Å². The Morgan fingerprint density at radius 3 is 2.76 bits per heavy atom. The molecule has 2 aliphatic heterocycles. The zero-order valence-electron chi connectivity index (χ0n) is 11.6. The molecule has 0 bridgehead atoms. The molecule has 21 heavy (non-hydrogen) atoms. The fraction of sp³-hybridized carbons (Fsp3) is 0.467. The molecule has 2 heterocycles. The van der Waals surface area contributed by atoms with Crippen molar-refractivity contribution in [3.05, 3.63) is 23.8 Å². The minimum Gasteiger partial charge on any atom is -0.486 e. The number of hydrogen-bond acceptors (Lipinski definition) is 4. The number of aliphatic carboxylic acids is 1. The minimum absolute atomic E-state index is 0.0451. The summed E-state index contributed by atoms with van der Waals surface area (Å²) in [5.74, 6) is 0.397. The fourth-order valence-electron chi connectivity index (χ4n) is 2.79. The van der Waals surface area contributed by atoms with Crippen molar-refractivity contribution in [3.63, 3.8) is 0 Å². The summed E-state index contributed by atoms with van der Waals surface area (Å²) in [5.41, 5.74) is 0.551. The van der Waals surface area contributed by atoms with E-state index in [0.29, 0.717) is 43.4 Å². The molecule has 1 aromatic rings. The number of benzene rings is 1. The van der Waals surface area contributed by atoms with Gasteiger partial charge >= 0.3 is 5.97 Å². The molecule has 1 atom stereocenters. The highest BCUT2D eigenvalue weighted by molar-refractivity contribution is 5.95. The second kappa shape index (κ2) is 5.63. The van der Waals surface area contributed by atoms with Crippen molar-refractivity contribution in [1.82, 2.24) is 4.90 Å². The Balaban J connectivity index is 1.70. The summed E-state index contributed by atoms with van der Waals surface area (Å²) in [6.45, 7) is 2.10. The maximum Gasteiger partial charge on any atom is 0.303 e. The number of fused-ring (bicyclic) bond motifs is 1. The molecule has 112 valence electrons. The molecule has 0 radical (unpaired) electrons. The molecule has 0 saturated carbocycles. The lowest BCUT2D eigenvalue weighted by Crippen LogP contribution is -2.29. The van der Waals surface area contributed by atoms with Gasteiger partial charge in [0.05, 0.1) is 0 Å². The van der Waals surface area contributed by atoms with Crippen LogP contribution in [-0.2, 0) is 4.79 Å². The van der Waals surface area contributed by atoms with Gasteiger partial charge in [0.25, 0.3) is 5.91 Å². The normalized spacial score (nSPS) is 20.4. The maximum absolute atomic E-state index is 12.4. The Morgan fingerprint density at radius 2 is 2.00 bits per heavy atom. The van der Waals surface area contributed by atoms with Crippen LogP contribution in [0.5, 0.6) is 11.5 Å². The number of likely N-dealkylation sites (tertiary alicyclic amines) is 1. The molecule has 0 aliphatic carbocycles. The Bertz CT molecular complexity index is 571. The van der Waals surface area contributed by atoms with Crippen LogP contribution >= 0.6 is 0 Å². The van der Waals surface area contributed by atoms with E-state index in [-0.39, 0.29) is 18.2 Å². The topological polar surface area (TPSA) is 76.1 Å². The van der Waals surface area contributed by atoms with E-state index in [1.165, 1.54) is 0 Å². The molecule has 3 rings (SSSR count). The molecule has 1 aromatic carbocycles. The smallest absolute Gasteiger partial charge is 0.303 e. The van der Waals surface area contributed by atoms with E-state index >= 15 is 0 Å². The van der Waals surface area contributed by atoms with Gasteiger partial charge in [-0.3, -0.25) is 9.59 Å². The molecule has 0 aromatic heterocycles. The minimum atomic E-state index is -0.811. The van der Waals surface area contributed by atoms with Gasteiger partial charge < -0.3 is 19.5 Å². The average molecular weight is 291 g/mol. The Labute approximate surface area is 122 Å². The first-order chi connectivity index (χ1) is 10.1. The second-order valence-electron chi connectivity index (χ2n) is 5.36. The molecule has 1 saturated heterocycles. The highest BCUT2D eigenvalue weighted by atomic mass is 16.6. The van der Waals surface area contributed by atoms with Crippen LogP contribution in [0.1, 0.15) is 23.2 Å². The van der Waals surface area contributed by atoms with Crippen molar-refractivity contribution in [2.24, 2.45) is 5.92 Å². The molecule has 6 nitrogen and oxygen atoms in total. The van der Waals surface area contributed by atoms with Crippen molar-refractivity contribution >= 4 is 11.9 Å². The summed E-state index contributed by atoms with van der Waals surface area (Å²) < 4.78 is 10.9. The molecular weight excluding hydrogens is 274 g/mol. The number of nitrogens with zero attached hydrogens (tertiary/aromatic N) is 1. The summed E-state index contributed by atoms with van der Waals surface area (Å²) in [7, 11) is 0. The standard InChI is InChI=1S/C15H17NO5/c17-14(18)7-10-3-4-16(9-10)15(19)11-1-2-12-13(8-11)21-6-5-20-12/h1-2,8,10H,3-7,9H2,(H,17,18). The fourth-order valence-corrected chi connectivity index (χ4v) is 2.79. The molecule has 1 amide bonds. The zero-order valence-corrected chi connectivity index (χ0v) is 11.6. The summed E-state index contributed by atoms with van der Waals surface area (Å²) in [6, 6.07) is 5.16. The second-order valence-corrected chi connectivity index (χ2v) is 5.36. The van der Waals surface area contributed by atoms with Crippen LogP contribution in [0.15, 0.2) is 18.2 Å². The van der Waals surface area contributed by atoms with Gasteiger partial charge in [-0.25, -0.2) is 0 Å². The van der Waals surface area contributed by atoms with Gasteiger partial charge in [0.2, 0.25) is 0 Å².